The Labute approximate surface area is 150 Å². The van der Waals surface area contributed by atoms with E-state index in [1.807, 2.05) is 0 Å². The molecule has 1 amide bonds. The Bertz CT molecular complexity index is 667. The summed E-state index contributed by atoms with van der Waals surface area (Å²) in [5.41, 5.74) is -0.801. The molecule has 1 aromatic carbocycles. The molecule has 6 nitrogen and oxygen atoms in total. The summed E-state index contributed by atoms with van der Waals surface area (Å²) in [6.07, 6.45) is -0.342. The van der Waals surface area contributed by atoms with Gasteiger partial charge in [0.05, 0.1) is 17.2 Å². The van der Waals surface area contributed by atoms with Crippen molar-refractivity contribution in [2.24, 2.45) is 5.41 Å². The molecule has 0 radical (unpaired) electrons. The van der Waals surface area contributed by atoms with E-state index in [9.17, 15) is 19.5 Å². The molecule has 0 aliphatic heterocycles. The van der Waals surface area contributed by atoms with Crippen molar-refractivity contribution in [2.45, 2.75) is 33.2 Å². The second-order valence-electron chi connectivity index (χ2n) is 6.18. The van der Waals surface area contributed by atoms with Crippen LogP contribution in [0.15, 0.2) is 12.1 Å². The number of carbonyl (C=O) groups excluding carboxylic acids is 2. The van der Waals surface area contributed by atoms with Crippen molar-refractivity contribution < 1.29 is 24.2 Å². The van der Waals surface area contributed by atoms with E-state index < -0.39 is 23.3 Å². The number of hydrogen-bond acceptors (Lipinski definition) is 4. The molecule has 2 N–H and O–H groups in total. The van der Waals surface area contributed by atoms with Crippen molar-refractivity contribution in [1.29, 1.82) is 0 Å². The van der Waals surface area contributed by atoms with Crippen LogP contribution in [0.4, 0.5) is 0 Å². The lowest BCUT2D eigenvalue weighted by molar-refractivity contribution is -0.142. The van der Waals surface area contributed by atoms with Gasteiger partial charge in [0.2, 0.25) is 0 Å². The molecule has 1 unspecified atom stereocenters. The molecule has 0 aromatic heterocycles. The molecule has 0 saturated carbocycles. The number of carboxylic acids is 1. The summed E-state index contributed by atoms with van der Waals surface area (Å²) < 4.78 is 5.06. The van der Waals surface area contributed by atoms with Gasteiger partial charge in [0.15, 0.2) is 5.75 Å². The van der Waals surface area contributed by atoms with Crippen LogP contribution in [-0.4, -0.2) is 35.9 Å². The molecule has 24 heavy (non-hydrogen) atoms. The van der Waals surface area contributed by atoms with Crippen molar-refractivity contribution in [3.8, 4) is 5.75 Å². The van der Waals surface area contributed by atoms with E-state index in [1.165, 1.54) is 19.2 Å². The number of nitrogens with one attached hydrogen (secondary N) is 1. The second-order valence-corrected chi connectivity index (χ2v) is 6.99. The molecule has 0 saturated heterocycles. The van der Waals surface area contributed by atoms with Gasteiger partial charge < -0.3 is 15.2 Å². The topological polar surface area (TPSA) is 92.7 Å². The number of amides is 1. The van der Waals surface area contributed by atoms with Crippen molar-refractivity contribution in [3.63, 3.8) is 0 Å². The summed E-state index contributed by atoms with van der Waals surface area (Å²) in [6.45, 7) is 5.02. The van der Waals surface area contributed by atoms with Gasteiger partial charge in [-0.2, -0.15) is 0 Å². The van der Waals surface area contributed by atoms with Gasteiger partial charge in [0.25, 0.3) is 5.91 Å². The standard InChI is InChI=1S/C16H19Cl2NO5/c1-16(2,3)11(20)7-10(15(22)23)19-14(21)12-8(17)5-6-9(18)13(12)24-4/h5-6,10H,7H2,1-4H3,(H,19,21)(H,22,23). The zero-order valence-electron chi connectivity index (χ0n) is 13.8. The fraction of sp³-hybridized carbons (Fsp3) is 0.438. The summed E-state index contributed by atoms with van der Waals surface area (Å²) in [6, 6.07) is 1.47. The third kappa shape index (κ3) is 4.85. The zero-order chi connectivity index (χ0) is 18.7. The summed E-state index contributed by atoms with van der Waals surface area (Å²) in [7, 11) is 1.31. The predicted molar refractivity (Wildman–Crippen MR) is 91.0 cm³/mol. The first kappa shape index (κ1) is 20.3. The van der Waals surface area contributed by atoms with Crippen molar-refractivity contribution in [3.05, 3.63) is 27.7 Å². The predicted octanol–water partition coefficient (Wildman–Crippen LogP) is 3.19. The summed E-state index contributed by atoms with van der Waals surface area (Å²) >= 11 is 12.0. The number of benzene rings is 1. The Morgan fingerprint density at radius 1 is 1.21 bits per heavy atom. The molecule has 1 aromatic rings. The van der Waals surface area contributed by atoms with E-state index in [2.05, 4.69) is 5.32 Å². The third-order valence-electron chi connectivity index (χ3n) is 3.32. The maximum atomic E-state index is 12.4. The number of ketones is 1. The van der Waals surface area contributed by atoms with Gasteiger partial charge >= 0.3 is 5.97 Å². The highest BCUT2D eigenvalue weighted by Crippen LogP contribution is 2.33. The lowest BCUT2D eigenvalue weighted by atomic mass is 9.87. The number of carboxylic acid groups (broad SMARTS) is 1. The van der Waals surface area contributed by atoms with Gasteiger partial charge in [0, 0.05) is 11.8 Å². The monoisotopic (exact) mass is 375 g/mol. The zero-order valence-corrected chi connectivity index (χ0v) is 15.3. The van der Waals surface area contributed by atoms with Crippen LogP contribution in [-0.2, 0) is 9.59 Å². The van der Waals surface area contributed by atoms with Gasteiger partial charge in [-0.1, -0.05) is 44.0 Å². The highest BCUT2D eigenvalue weighted by molar-refractivity contribution is 6.37. The first-order valence-electron chi connectivity index (χ1n) is 7.08. The maximum absolute atomic E-state index is 12.4. The van der Waals surface area contributed by atoms with Crippen LogP contribution in [0.3, 0.4) is 0 Å². The molecule has 0 spiro atoms. The van der Waals surface area contributed by atoms with Crippen LogP contribution in [0.1, 0.15) is 37.6 Å². The lowest BCUT2D eigenvalue weighted by Crippen LogP contribution is -2.44. The number of Topliss-reactive ketones (excluding diaryl/α,β-unsaturated/α-hetero) is 1. The van der Waals surface area contributed by atoms with Crippen LogP contribution in [0.25, 0.3) is 0 Å². The molecule has 0 bridgehead atoms. The first-order chi connectivity index (χ1) is 11.0. The number of hydrogen-bond donors (Lipinski definition) is 2. The van der Waals surface area contributed by atoms with E-state index in [0.29, 0.717) is 0 Å². The molecule has 1 rings (SSSR count). The normalized spacial score (nSPS) is 12.4. The molecule has 0 heterocycles. The van der Waals surface area contributed by atoms with Gasteiger partial charge in [-0.3, -0.25) is 9.59 Å². The first-order valence-corrected chi connectivity index (χ1v) is 7.83. The van der Waals surface area contributed by atoms with Crippen LogP contribution in [0.2, 0.25) is 10.0 Å². The molecule has 8 heteroatoms. The third-order valence-corrected chi connectivity index (χ3v) is 3.93. The Kier molecular flexibility index (Phi) is 6.63. The number of aliphatic carboxylic acids is 1. The van der Waals surface area contributed by atoms with E-state index in [0.717, 1.165) is 0 Å². The van der Waals surface area contributed by atoms with Crippen LogP contribution >= 0.6 is 23.2 Å². The average Bonchev–Trinajstić information content (AvgIpc) is 2.46. The Balaban J connectivity index is 3.09. The number of ether oxygens (including phenoxy) is 1. The smallest absolute Gasteiger partial charge is 0.326 e. The minimum Gasteiger partial charge on any atom is -0.494 e. The lowest BCUT2D eigenvalue weighted by Gasteiger charge is -2.21. The fourth-order valence-electron chi connectivity index (χ4n) is 1.87. The van der Waals surface area contributed by atoms with E-state index >= 15 is 0 Å². The Morgan fingerprint density at radius 2 is 1.75 bits per heavy atom. The number of halogens is 2. The van der Waals surface area contributed by atoms with Crippen molar-refractivity contribution >= 4 is 40.9 Å². The quantitative estimate of drug-likeness (QED) is 0.796. The number of carbonyl (C=O) groups is 3. The average molecular weight is 376 g/mol. The second kappa shape index (κ2) is 7.85. The molecular formula is C16H19Cl2NO5. The van der Waals surface area contributed by atoms with E-state index in [4.69, 9.17) is 27.9 Å². The maximum Gasteiger partial charge on any atom is 0.326 e. The van der Waals surface area contributed by atoms with Crippen molar-refractivity contribution in [1.82, 2.24) is 5.32 Å². The van der Waals surface area contributed by atoms with Crippen LogP contribution < -0.4 is 10.1 Å². The molecular weight excluding hydrogens is 357 g/mol. The van der Waals surface area contributed by atoms with Crippen molar-refractivity contribution in [2.75, 3.05) is 7.11 Å². The summed E-state index contributed by atoms with van der Waals surface area (Å²) in [5, 5.41) is 11.8. The number of rotatable bonds is 6. The fourth-order valence-corrected chi connectivity index (χ4v) is 2.34. The molecule has 0 aliphatic carbocycles. The number of methoxy groups -OCH3 is 1. The van der Waals surface area contributed by atoms with Gasteiger partial charge in [0.1, 0.15) is 17.4 Å². The highest BCUT2D eigenvalue weighted by Gasteiger charge is 2.31. The van der Waals surface area contributed by atoms with Crippen LogP contribution in [0.5, 0.6) is 5.75 Å². The molecule has 1 atom stereocenters. The van der Waals surface area contributed by atoms with Crippen LogP contribution in [0, 0.1) is 5.41 Å². The van der Waals surface area contributed by atoms with Gasteiger partial charge in [-0.15, -0.1) is 0 Å². The van der Waals surface area contributed by atoms with Gasteiger partial charge in [-0.05, 0) is 12.1 Å². The van der Waals surface area contributed by atoms with E-state index in [1.54, 1.807) is 20.8 Å². The SMILES string of the molecule is COc1c(Cl)ccc(Cl)c1C(=O)NC(CC(=O)C(C)(C)C)C(=O)O. The molecule has 0 fully saturated rings. The Hall–Kier alpha value is -1.79. The summed E-state index contributed by atoms with van der Waals surface area (Å²) in [4.78, 5) is 35.9. The Morgan fingerprint density at radius 3 is 2.21 bits per heavy atom. The minimum absolute atomic E-state index is 0.0351. The minimum atomic E-state index is -1.39. The molecule has 132 valence electrons. The van der Waals surface area contributed by atoms with Gasteiger partial charge in [-0.25, -0.2) is 4.79 Å². The highest BCUT2D eigenvalue weighted by atomic mass is 35.5. The van der Waals surface area contributed by atoms with E-state index in [-0.39, 0.29) is 33.6 Å². The largest absolute Gasteiger partial charge is 0.494 e. The summed E-state index contributed by atoms with van der Waals surface area (Å²) in [5.74, 6) is -2.36. The molecule has 0 aliphatic rings.